The average Bonchev–Trinajstić information content (AvgIpc) is 2.38. The molecule has 1 aromatic heterocycles. The lowest BCUT2D eigenvalue weighted by molar-refractivity contribution is 0.109. The van der Waals surface area contributed by atoms with E-state index in [1.807, 2.05) is 20.0 Å². The fraction of sp³-hybridized carbons (Fsp3) is 0.667. The summed E-state index contributed by atoms with van der Waals surface area (Å²) in [6, 6.07) is 2.12. The predicted molar refractivity (Wildman–Crippen MR) is 76.2 cm³/mol. The fourth-order valence-corrected chi connectivity index (χ4v) is 2.09. The molecule has 3 nitrogen and oxygen atoms in total. The van der Waals surface area contributed by atoms with Gasteiger partial charge in [-0.25, -0.2) is 4.98 Å². The summed E-state index contributed by atoms with van der Waals surface area (Å²) in [7, 11) is 2.16. The average molecular weight is 250 g/mol. The van der Waals surface area contributed by atoms with E-state index in [-0.39, 0.29) is 0 Å². The van der Waals surface area contributed by atoms with Crippen LogP contribution in [-0.2, 0) is 0 Å². The van der Waals surface area contributed by atoms with Crippen LogP contribution in [0.15, 0.2) is 12.3 Å². The molecule has 2 rings (SSSR count). The second kappa shape index (κ2) is 7.37. The van der Waals surface area contributed by atoms with Crippen molar-refractivity contribution in [3.05, 3.63) is 23.4 Å². The summed E-state index contributed by atoms with van der Waals surface area (Å²) in [5.41, 5.74) is 2.33. The molecule has 1 aliphatic rings. The van der Waals surface area contributed by atoms with Crippen LogP contribution in [-0.4, -0.2) is 36.1 Å². The van der Waals surface area contributed by atoms with Gasteiger partial charge in [0.15, 0.2) is 0 Å². The van der Waals surface area contributed by atoms with Crippen molar-refractivity contribution in [2.24, 2.45) is 0 Å². The lowest BCUT2D eigenvalue weighted by atomic mass is 10.1. The Balaban J connectivity index is 0.000000771. The van der Waals surface area contributed by atoms with Crippen molar-refractivity contribution in [3.8, 4) is 5.88 Å². The topological polar surface area (TPSA) is 25.4 Å². The Morgan fingerprint density at radius 2 is 1.83 bits per heavy atom. The van der Waals surface area contributed by atoms with Crippen molar-refractivity contribution in [2.45, 2.75) is 46.6 Å². The van der Waals surface area contributed by atoms with Crippen molar-refractivity contribution in [1.82, 2.24) is 9.88 Å². The smallest absolute Gasteiger partial charge is 0.216 e. The highest BCUT2D eigenvalue weighted by Crippen LogP contribution is 2.20. The summed E-state index contributed by atoms with van der Waals surface area (Å²) < 4.78 is 5.95. The van der Waals surface area contributed by atoms with Crippen LogP contribution in [0.3, 0.4) is 0 Å². The molecule has 0 aromatic carbocycles. The lowest BCUT2D eigenvalue weighted by Gasteiger charge is -2.29. The van der Waals surface area contributed by atoms with Gasteiger partial charge in [0.2, 0.25) is 5.88 Å². The van der Waals surface area contributed by atoms with Gasteiger partial charge in [-0.3, -0.25) is 0 Å². The van der Waals surface area contributed by atoms with Crippen molar-refractivity contribution in [3.63, 3.8) is 0 Å². The zero-order chi connectivity index (χ0) is 13.5. The molecule has 0 bridgehead atoms. The number of likely N-dealkylation sites (tertiary alicyclic amines) is 1. The molecule has 0 amide bonds. The number of nitrogens with zero attached hydrogens (tertiary/aromatic N) is 2. The monoisotopic (exact) mass is 250 g/mol. The maximum atomic E-state index is 5.95. The van der Waals surface area contributed by atoms with Gasteiger partial charge in [-0.05, 0) is 45.4 Å². The van der Waals surface area contributed by atoms with Crippen LogP contribution in [0.25, 0.3) is 0 Å². The molecule has 0 spiro atoms. The first-order chi connectivity index (χ1) is 8.65. The maximum absolute atomic E-state index is 5.95. The minimum absolute atomic E-state index is 0.338. The van der Waals surface area contributed by atoms with Gasteiger partial charge in [0.25, 0.3) is 0 Å². The van der Waals surface area contributed by atoms with E-state index >= 15 is 0 Å². The van der Waals surface area contributed by atoms with Gasteiger partial charge >= 0.3 is 0 Å². The van der Waals surface area contributed by atoms with Crippen LogP contribution in [0.5, 0.6) is 5.88 Å². The predicted octanol–water partition coefficient (Wildman–Crippen LogP) is 3.20. The Labute approximate surface area is 111 Å². The van der Waals surface area contributed by atoms with Gasteiger partial charge in [0.1, 0.15) is 6.10 Å². The second-order valence-corrected chi connectivity index (χ2v) is 4.76. The first-order valence-corrected chi connectivity index (χ1v) is 6.93. The van der Waals surface area contributed by atoms with Crippen LogP contribution < -0.4 is 4.74 Å². The third kappa shape index (κ3) is 4.30. The third-order valence-electron chi connectivity index (χ3n) is 3.11. The van der Waals surface area contributed by atoms with E-state index in [0.29, 0.717) is 6.10 Å². The van der Waals surface area contributed by atoms with Crippen LogP contribution in [0, 0.1) is 13.8 Å². The Morgan fingerprint density at radius 3 is 2.39 bits per heavy atom. The first kappa shape index (κ1) is 15.0. The highest BCUT2D eigenvalue weighted by Gasteiger charge is 2.18. The Hall–Kier alpha value is -1.09. The van der Waals surface area contributed by atoms with E-state index in [1.54, 1.807) is 0 Å². The van der Waals surface area contributed by atoms with Crippen LogP contribution in [0.1, 0.15) is 37.8 Å². The molecule has 1 aliphatic heterocycles. The quantitative estimate of drug-likeness (QED) is 0.806. The number of piperidine rings is 1. The molecule has 2 heterocycles. The largest absolute Gasteiger partial charge is 0.474 e. The van der Waals surface area contributed by atoms with E-state index in [0.717, 1.165) is 37.4 Å². The first-order valence-electron chi connectivity index (χ1n) is 6.93. The third-order valence-corrected chi connectivity index (χ3v) is 3.11. The summed E-state index contributed by atoms with van der Waals surface area (Å²) in [6.07, 6.45) is 4.42. The van der Waals surface area contributed by atoms with Gasteiger partial charge in [-0.2, -0.15) is 0 Å². The molecular formula is C15H26N2O. The number of hydrogen-bond donors (Lipinski definition) is 0. The van der Waals surface area contributed by atoms with Crippen LogP contribution in [0.4, 0.5) is 0 Å². The van der Waals surface area contributed by atoms with Crippen molar-refractivity contribution >= 4 is 0 Å². The number of hydrogen-bond acceptors (Lipinski definition) is 3. The van der Waals surface area contributed by atoms with E-state index in [9.17, 15) is 0 Å². The van der Waals surface area contributed by atoms with Gasteiger partial charge in [0.05, 0.1) is 0 Å². The molecule has 1 saturated heterocycles. The number of pyridine rings is 1. The number of rotatable bonds is 2. The second-order valence-electron chi connectivity index (χ2n) is 4.76. The highest BCUT2D eigenvalue weighted by molar-refractivity contribution is 5.27. The molecule has 0 saturated carbocycles. The summed E-state index contributed by atoms with van der Waals surface area (Å²) in [6.45, 7) is 10.4. The summed E-state index contributed by atoms with van der Waals surface area (Å²) in [5.74, 6) is 0.806. The number of aryl methyl sites for hydroxylation is 2. The SMILES string of the molecule is CC.Cc1cnc(OC2CCN(C)CC2)c(C)c1. The van der Waals surface area contributed by atoms with Gasteiger partial charge in [-0.15, -0.1) is 0 Å². The summed E-state index contributed by atoms with van der Waals surface area (Å²) >= 11 is 0. The lowest BCUT2D eigenvalue weighted by Crippen LogP contribution is -2.35. The molecule has 0 atom stereocenters. The van der Waals surface area contributed by atoms with Gasteiger partial charge in [0, 0.05) is 24.8 Å². The fourth-order valence-electron chi connectivity index (χ4n) is 2.09. The van der Waals surface area contributed by atoms with Crippen molar-refractivity contribution in [1.29, 1.82) is 0 Å². The number of ether oxygens (including phenoxy) is 1. The van der Waals surface area contributed by atoms with E-state index in [4.69, 9.17) is 4.74 Å². The van der Waals surface area contributed by atoms with E-state index in [1.165, 1.54) is 5.56 Å². The maximum Gasteiger partial charge on any atom is 0.216 e. The molecular weight excluding hydrogens is 224 g/mol. The van der Waals surface area contributed by atoms with Crippen molar-refractivity contribution in [2.75, 3.05) is 20.1 Å². The standard InChI is InChI=1S/C13H20N2O.C2H6/c1-10-8-11(2)13(14-9-10)16-12-4-6-15(3)7-5-12;1-2/h8-9,12H,4-7H2,1-3H3;1-2H3. The molecule has 1 fully saturated rings. The van der Waals surface area contributed by atoms with E-state index in [2.05, 4.69) is 36.8 Å². The Morgan fingerprint density at radius 1 is 1.22 bits per heavy atom. The van der Waals surface area contributed by atoms with E-state index < -0.39 is 0 Å². The highest BCUT2D eigenvalue weighted by atomic mass is 16.5. The molecule has 0 radical (unpaired) electrons. The van der Waals surface area contributed by atoms with Gasteiger partial charge in [-0.1, -0.05) is 13.8 Å². The molecule has 0 N–H and O–H groups in total. The summed E-state index contributed by atoms with van der Waals surface area (Å²) in [4.78, 5) is 6.70. The molecule has 1 aromatic rings. The zero-order valence-corrected chi connectivity index (χ0v) is 12.4. The molecule has 0 unspecified atom stereocenters. The zero-order valence-electron chi connectivity index (χ0n) is 12.4. The Kier molecular flexibility index (Phi) is 6.13. The molecule has 0 aliphatic carbocycles. The number of aromatic nitrogens is 1. The van der Waals surface area contributed by atoms with Crippen LogP contribution in [0.2, 0.25) is 0 Å². The van der Waals surface area contributed by atoms with Crippen LogP contribution >= 0.6 is 0 Å². The van der Waals surface area contributed by atoms with Crippen molar-refractivity contribution < 1.29 is 4.74 Å². The molecule has 18 heavy (non-hydrogen) atoms. The molecule has 102 valence electrons. The molecule has 3 heteroatoms. The van der Waals surface area contributed by atoms with Gasteiger partial charge < -0.3 is 9.64 Å². The minimum atomic E-state index is 0.338. The normalized spacial score (nSPS) is 16.9. The minimum Gasteiger partial charge on any atom is -0.474 e. The summed E-state index contributed by atoms with van der Waals surface area (Å²) in [5, 5.41) is 0. The Bertz CT molecular complexity index is 358.